The molecule has 2 heterocycles. The monoisotopic (exact) mass is 429 g/mol. The van der Waals surface area contributed by atoms with Crippen molar-refractivity contribution in [2.45, 2.75) is 19.8 Å². The Morgan fingerprint density at radius 3 is 2.47 bits per heavy atom. The number of benzene rings is 2. The maximum Gasteiger partial charge on any atom is 0.257 e. The molecule has 164 valence electrons. The molecule has 3 N–H and O–H groups in total. The number of hydrogen-bond donors (Lipinski definition) is 2. The fourth-order valence-electron chi connectivity index (χ4n) is 3.44. The van der Waals surface area contributed by atoms with E-state index >= 15 is 0 Å². The summed E-state index contributed by atoms with van der Waals surface area (Å²) in [6.45, 7) is 2.65. The third-order valence-electron chi connectivity index (χ3n) is 5.25. The molecule has 4 rings (SSSR count). The van der Waals surface area contributed by atoms with Gasteiger partial charge in [-0.25, -0.2) is 9.97 Å². The first-order valence-corrected chi connectivity index (χ1v) is 10.7. The number of nitrogen functional groups attached to an aromatic ring is 1. The molecule has 0 spiro atoms. The number of nitrogens with one attached hydrogen (secondary N) is 1. The van der Waals surface area contributed by atoms with E-state index in [1.54, 1.807) is 6.21 Å². The first kappa shape index (κ1) is 21.3. The number of nitrogens with zero attached hydrogens (tertiary/aromatic N) is 5. The molecule has 0 fully saturated rings. The van der Waals surface area contributed by atoms with Crippen molar-refractivity contribution in [3.63, 3.8) is 0 Å². The number of anilines is 2. The zero-order chi connectivity index (χ0) is 22.7. The molecule has 8 nitrogen and oxygen atoms in total. The fourth-order valence-corrected chi connectivity index (χ4v) is 3.44. The Bertz CT molecular complexity index is 1290. The number of rotatable bonds is 7. The highest BCUT2D eigenvalue weighted by molar-refractivity contribution is 6.10. The van der Waals surface area contributed by atoms with Crippen LogP contribution in [0.25, 0.3) is 22.2 Å². The van der Waals surface area contributed by atoms with E-state index in [0.29, 0.717) is 34.3 Å². The molecule has 0 aliphatic rings. The first-order valence-electron chi connectivity index (χ1n) is 10.7. The molecule has 0 radical (unpaired) electrons. The second-order valence-corrected chi connectivity index (χ2v) is 7.80. The number of unbranched alkanes of at least 4 members (excludes halogenated alkanes) is 1. The molecule has 0 atom stereocenters. The molecular formula is C24H27N7O. The highest BCUT2D eigenvalue weighted by atomic mass is 16.1. The molecule has 4 aromatic rings. The number of nitrogens with two attached hydrogens (primary N) is 1. The topological polar surface area (TPSA) is 101 Å². The van der Waals surface area contributed by atoms with Crippen LogP contribution in [0.15, 0.2) is 53.6 Å². The van der Waals surface area contributed by atoms with Crippen molar-refractivity contribution in [2.75, 3.05) is 31.3 Å². The molecule has 0 aliphatic heterocycles. The van der Waals surface area contributed by atoms with E-state index in [2.05, 4.69) is 17.3 Å². The molecule has 2 aromatic carbocycles. The number of para-hydroxylation sites is 2. The number of hydrogen-bond acceptors (Lipinski definition) is 6. The van der Waals surface area contributed by atoms with Gasteiger partial charge in [0.1, 0.15) is 16.9 Å². The Hall–Kier alpha value is -3.94. The first-order chi connectivity index (χ1) is 15.5. The van der Waals surface area contributed by atoms with Gasteiger partial charge in [0.2, 0.25) is 0 Å². The van der Waals surface area contributed by atoms with Crippen LogP contribution in [-0.4, -0.2) is 47.4 Å². The fraction of sp³-hybridized carbons (Fsp3) is 0.250. The lowest BCUT2D eigenvalue weighted by Crippen LogP contribution is -2.25. The van der Waals surface area contributed by atoms with Gasteiger partial charge in [0.15, 0.2) is 5.65 Å². The van der Waals surface area contributed by atoms with Crippen LogP contribution in [0.2, 0.25) is 0 Å². The van der Waals surface area contributed by atoms with Gasteiger partial charge in [-0.15, -0.1) is 0 Å². The summed E-state index contributed by atoms with van der Waals surface area (Å²) in [6.07, 6.45) is 3.57. The summed E-state index contributed by atoms with van der Waals surface area (Å²) in [4.78, 5) is 24.4. The Morgan fingerprint density at radius 2 is 1.81 bits per heavy atom. The summed E-state index contributed by atoms with van der Waals surface area (Å²) < 4.78 is 1.49. The summed E-state index contributed by atoms with van der Waals surface area (Å²) in [7, 11) is 3.98. The van der Waals surface area contributed by atoms with Crippen molar-refractivity contribution in [3.8, 4) is 0 Å². The van der Waals surface area contributed by atoms with Gasteiger partial charge in [0.05, 0.1) is 17.2 Å². The van der Waals surface area contributed by atoms with E-state index < -0.39 is 0 Å². The van der Waals surface area contributed by atoms with Crippen molar-refractivity contribution in [3.05, 3.63) is 59.7 Å². The van der Waals surface area contributed by atoms with Crippen molar-refractivity contribution < 1.29 is 4.79 Å². The standard InChI is InChI=1S/C24H27N7O/c1-4-5-14-26-24(32)20-21-23(29-19-9-7-6-8-18(19)28-21)31(22(20)25)27-15-16-10-12-17(13-11-16)30(2)3/h6-13,15H,4-5,14,25H2,1-3H3,(H,26,32)/b27-15+. The predicted molar refractivity (Wildman–Crippen MR) is 130 cm³/mol. The van der Waals surface area contributed by atoms with Crippen LogP contribution in [0.4, 0.5) is 11.5 Å². The second kappa shape index (κ2) is 9.05. The van der Waals surface area contributed by atoms with E-state index in [-0.39, 0.29) is 11.7 Å². The molecule has 0 saturated heterocycles. The Kier molecular flexibility index (Phi) is 6.02. The van der Waals surface area contributed by atoms with Crippen LogP contribution < -0.4 is 16.0 Å². The molecule has 0 saturated carbocycles. The van der Waals surface area contributed by atoms with E-state index in [1.165, 1.54) is 4.68 Å². The minimum atomic E-state index is -0.269. The van der Waals surface area contributed by atoms with Crippen molar-refractivity contribution in [1.82, 2.24) is 20.0 Å². The molecule has 1 amide bonds. The molecule has 0 bridgehead atoms. The van der Waals surface area contributed by atoms with Gasteiger partial charge in [-0.3, -0.25) is 4.79 Å². The lowest BCUT2D eigenvalue weighted by Gasteiger charge is -2.11. The minimum Gasteiger partial charge on any atom is -0.383 e. The molecule has 8 heteroatoms. The number of aromatic nitrogens is 3. The van der Waals surface area contributed by atoms with Crippen molar-refractivity contribution in [1.29, 1.82) is 0 Å². The van der Waals surface area contributed by atoms with Gasteiger partial charge in [0.25, 0.3) is 5.91 Å². The van der Waals surface area contributed by atoms with Gasteiger partial charge in [-0.05, 0) is 36.2 Å². The lowest BCUT2D eigenvalue weighted by atomic mass is 10.2. The zero-order valence-electron chi connectivity index (χ0n) is 18.5. The number of amides is 1. The maximum absolute atomic E-state index is 13.0. The van der Waals surface area contributed by atoms with Gasteiger partial charge >= 0.3 is 0 Å². The van der Waals surface area contributed by atoms with Crippen LogP contribution in [-0.2, 0) is 0 Å². The van der Waals surface area contributed by atoms with Crippen molar-refractivity contribution in [2.24, 2.45) is 5.10 Å². The molecule has 0 unspecified atom stereocenters. The van der Waals surface area contributed by atoms with Gasteiger partial charge in [-0.2, -0.15) is 9.78 Å². The summed E-state index contributed by atoms with van der Waals surface area (Å²) >= 11 is 0. The lowest BCUT2D eigenvalue weighted by molar-refractivity contribution is 0.0955. The highest BCUT2D eigenvalue weighted by Gasteiger charge is 2.23. The SMILES string of the molecule is CCCCNC(=O)c1c(N)n(/N=C/c2ccc(N(C)C)cc2)c2nc3ccccc3nc12. The summed E-state index contributed by atoms with van der Waals surface area (Å²) in [5.74, 6) is -0.0553. The Labute approximate surface area is 186 Å². The van der Waals surface area contributed by atoms with Crippen molar-refractivity contribution >= 4 is 45.8 Å². The van der Waals surface area contributed by atoms with Gasteiger partial charge in [-0.1, -0.05) is 37.6 Å². The average Bonchev–Trinajstić information content (AvgIpc) is 3.06. The molecule has 2 aromatic heterocycles. The summed E-state index contributed by atoms with van der Waals surface area (Å²) in [5.41, 5.74) is 11.0. The van der Waals surface area contributed by atoms with Crippen LogP contribution in [0.3, 0.4) is 0 Å². The maximum atomic E-state index is 13.0. The molecular weight excluding hydrogens is 402 g/mol. The van der Waals surface area contributed by atoms with E-state index in [4.69, 9.17) is 15.7 Å². The van der Waals surface area contributed by atoms with Crippen LogP contribution in [0.5, 0.6) is 0 Å². The zero-order valence-corrected chi connectivity index (χ0v) is 18.5. The Balaban J connectivity index is 1.80. The average molecular weight is 430 g/mol. The van der Waals surface area contributed by atoms with E-state index in [9.17, 15) is 4.79 Å². The molecule has 32 heavy (non-hydrogen) atoms. The summed E-state index contributed by atoms with van der Waals surface area (Å²) in [6, 6.07) is 15.5. The number of carbonyl (C=O) groups is 1. The highest BCUT2D eigenvalue weighted by Crippen LogP contribution is 2.27. The second-order valence-electron chi connectivity index (χ2n) is 7.80. The summed E-state index contributed by atoms with van der Waals surface area (Å²) in [5, 5.41) is 7.48. The quantitative estimate of drug-likeness (QED) is 0.345. The largest absolute Gasteiger partial charge is 0.383 e. The van der Waals surface area contributed by atoms with Gasteiger partial charge in [0, 0.05) is 26.3 Å². The van der Waals surface area contributed by atoms with E-state index in [0.717, 1.165) is 24.1 Å². The minimum absolute atomic E-state index is 0.213. The van der Waals surface area contributed by atoms with Crippen LogP contribution in [0, 0.1) is 0 Å². The normalized spacial score (nSPS) is 11.5. The predicted octanol–water partition coefficient (Wildman–Crippen LogP) is 3.64. The molecule has 0 aliphatic carbocycles. The Morgan fingerprint density at radius 1 is 1.12 bits per heavy atom. The van der Waals surface area contributed by atoms with Crippen LogP contribution >= 0.6 is 0 Å². The third kappa shape index (κ3) is 4.12. The van der Waals surface area contributed by atoms with E-state index in [1.807, 2.05) is 67.5 Å². The number of fused-ring (bicyclic) bond motifs is 2. The van der Waals surface area contributed by atoms with Crippen LogP contribution in [0.1, 0.15) is 35.7 Å². The van der Waals surface area contributed by atoms with Gasteiger partial charge < -0.3 is 16.0 Å². The third-order valence-corrected chi connectivity index (χ3v) is 5.25. The smallest absolute Gasteiger partial charge is 0.257 e. The number of carbonyl (C=O) groups excluding carboxylic acids is 1.